The molecule has 0 heterocycles. The maximum absolute atomic E-state index is 11.9. The Morgan fingerprint density at radius 2 is 1.89 bits per heavy atom. The van der Waals surface area contributed by atoms with E-state index >= 15 is 0 Å². The van der Waals surface area contributed by atoms with E-state index in [1.807, 2.05) is 36.4 Å². The molecule has 2 rings (SSSR count). The van der Waals surface area contributed by atoms with Crippen LogP contribution in [0.3, 0.4) is 0 Å². The third-order valence-electron chi connectivity index (χ3n) is 2.69. The molecule has 0 radical (unpaired) electrons. The molecular weight excluding hydrogens is 326 g/mol. The van der Waals surface area contributed by atoms with Crippen LogP contribution in [0.4, 0.5) is 5.69 Å². The molecule has 2 aromatic carbocycles. The van der Waals surface area contributed by atoms with E-state index in [0.29, 0.717) is 17.1 Å². The first kappa shape index (κ1) is 14.1. The van der Waals surface area contributed by atoms with Gasteiger partial charge >= 0.3 is 0 Å². The van der Waals surface area contributed by atoms with Gasteiger partial charge in [0.25, 0.3) is 0 Å². The molecule has 98 valence electrons. The lowest BCUT2D eigenvalue weighted by atomic mass is 10.1. The number of nitrogens with one attached hydrogen (secondary N) is 1. The summed E-state index contributed by atoms with van der Waals surface area (Å²) in [5.74, 6) is -0.0215. The fourth-order valence-electron chi connectivity index (χ4n) is 1.71. The standard InChI is InChI=1S/C15H13BrClNO/c16-13-8-7-12(17)10-14(13)18-15(19)9-6-11-4-2-1-3-5-11/h1-5,7-8,10H,6,9H2,(H,18,19). The first-order valence-corrected chi connectivity index (χ1v) is 7.11. The van der Waals surface area contributed by atoms with Gasteiger partial charge in [-0.3, -0.25) is 4.79 Å². The highest BCUT2D eigenvalue weighted by Gasteiger charge is 2.06. The fraction of sp³-hybridized carbons (Fsp3) is 0.133. The van der Waals surface area contributed by atoms with Crippen LogP contribution in [-0.4, -0.2) is 5.91 Å². The molecule has 0 saturated carbocycles. The third-order valence-corrected chi connectivity index (χ3v) is 3.61. The van der Waals surface area contributed by atoms with E-state index in [1.54, 1.807) is 12.1 Å². The molecule has 4 heteroatoms. The highest BCUT2D eigenvalue weighted by Crippen LogP contribution is 2.26. The van der Waals surface area contributed by atoms with E-state index in [4.69, 9.17) is 11.6 Å². The summed E-state index contributed by atoms with van der Waals surface area (Å²) in [6, 6.07) is 15.3. The number of halogens is 2. The van der Waals surface area contributed by atoms with Crippen molar-refractivity contribution in [2.75, 3.05) is 5.32 Å². The second-order valence-electron chi connectivity index (χ2n) is 4.16. The summed E-state index contributed by atoms with van der Waals surface area (Å²) < 4.78 is 0.824. The number of anilines is 1. The van der Waals surface area contributed by atoms with E-state index in [1.165, 1.54) is 0 Å². The van der Waals surface area contributed by atoms with Crippen LogP contribution in [-0.2, 0) is 11.2 Å². The summed E-state index contributed by atoms with van der Waals surface area (Å²) in [6.45, 7) is 0. The van der Waals surface area contributed by atoms with Gasteiger partial charge < -0.3 is 5.32 Å². The van der Waals surface area contributed by atoms with Crippen molar-refractivity contribution < 1.29 is 4.79 Å². The van der Waals surface area contributed by atoms with Crippen molar-refractivity contribution in [2.45, 2.75) is 12.8 Å². The zero-order valence-corrected chi connectivity index (χ0v) is 12.5. The fourth-order valence-corrected chi connectivity index (χ4v) is 2.23. The van der Waals surface area contributed by atoms with Crippen LogP contribution in [0.1, 0.15) is 12.0 Å². The van der Waals surface area contributed by atoms with Crippen molar-refractivity contribution >= 4 is 39.1 Å². The second-order valence-corrected chi connectivity index (χ2v) is 5.45. The molecule has 0 unspecified atom stereocenters. The van der Waals surface area contributed by atoms with Crippen LogP contribution < -0.4 is 5.32 Å². The van der Waals surface area contributed by atoms with Gasteiger partial charge in [-0.05, 0) is 46.1 Å². The van der Waals surface area contributed by atoms with E-state index in [2.05, 4.69) is 21.2 Å². The van der Waals surface area contributed by atoms with Crippen LogP contribution in [0.5, 0.6) is 0 Å². The van der Waals surface area contributed by atoms with Gasteiger partial charge in [0.15, 0.2) is 0 Å². The molecule has 0 spiro atoms. The normalized spacial score (nSPS) is 10.2. The number of aryl methyl sites for hydroxylation is 1. The lowest BCUT2D eigenvalue weighted by molar-refractivity contribution is -0.116. The molecule has 2 nitrogen and oxygen atoms in total. The molecule has 0 aliphatic heterocycles. The minimum absolute atomic E-state index is 0.0215. The molecular formula is C15H13BrClNO. The van der Waals surface area contributed by atoms with E-state index in [-0.39, 0.29) is 5.91 Å². The molecule has 1 amide bonds. The zero-order chi connectivity index (χ0) is 13.7. The number of hydrogen-bond donors (Lipinski definition) is 1. The maximum Gasteiger partial charge on any atom is 0.224 e. The van der Waals surface area contributed by atoms with Gasteiger partial charge in [-0.1, -0.05) is 41.9 Å². The largest absolute Gasteiger partial charge is 0.325 e. The quantitative estimate of drug-likeness (QED) is 0.862. The number of hydrogen-bond acceptors (Lipinski definition) is 1. The molecule has 1 N–H and O–H groups in total. The van der Waals surface area contributed by atoms with Gasteiger partial charge in [0.1, 0.15) is 0 Å². The zero-order valence-electron chi connectivity index (χ0n) is 10.2. The van der Waals surface area contributed by atoms with Crippen molar-refractivity contribution in [1.82, 2.24) is 0 Å². The van der Waals surface area contributed by atoms with Crippen LogP contribution in [0.25, 0.3) is 0 Å². The number of amides is 1. The topological polar surface area (TPSA) is 29.1 Å². The lowest BCUT2D eigenvalue weighted by Crippen LogP contribution is -2.12. The molecule has 2 aromatic rings. The molecule has 0 atom stereocenters. The van der Waals surface area contributed by atoms with Gasteiger partial charge in [0.05, 0.1) is 5.69 Å². The highest BCUT2D eigenvalue weighted by atomic mass is 79.9. The van der Waals surface area contributed by atoms with Crippen LogP contribution in [0, 0.1) is 0 Å². The minimum Gasteiger partial charge on any atom is -0.325 e. The molecule has 19 heavy (non-hydrogen) atoms. The molecule has 0 aromatic heterocycles. The van der Waals surface area contributed by atoms with E-state index in [0.717, 1.165) is 16.5 Å². The number of carbonyl (C=O) groups is 1. The van der Waals surface area contributed by atoms with Crippen LogP contribution in [0.15, 0.2) is 53.0 Å². The summed E-state index contributed by atoms with van der Waals surface area (Å²) in [5, 5.41) is 3.45. The Bertz CT molecular complexity index is 572. The molecule has 0 fully saturated rings. The molecule has 0 aliphatic carbocycles. The van der Waals surface area contributed by atoms with Crippen molar-refractivity contribution in [2.24, 2.45) is 0 Å². The highest BCUT2D eigenvalue weighted by molar-refractivity contribution is 9.10. The predicted molar refractivity (Wildman–Crippen MR) is 82.5 cm³/mol. The monoisotopic (exact) mass is 337 g/mol. The summed E-state index contributed by atoms with van der Waals surface area (Å²) in [7, 11) is 0. The summed E-state index contributed by atoms with van der Waals surface area (Å²) in [5.41, 5.74) is 1.85. The number of carbonyl (C=O) groups excluding carboxylic acids is 1. The predicted octanol–water partition coefficient (Wildman–Crippen LogP) is 4.67. The van der Waals surface area contributed by atoms with Crippen molar-refractivity contribution in [3.05, 3.63) is 63.6 Å². The Morgan fingerprint density at radius 3 is 2.63 bits per heavy atom. The molecule has 0 aliphatic rings. The smallest absolute Gasteiger partial charge is 0.224 e. The Balaban J connectivity index is 1.93. The van der Waals surface area contributed by atoms with Crippen molar-refractivity contribution in [3.63, 3.8) is 0 Å². The first-order chi connectivity index (χ1) is 9.15. The van der Waals surface area contributed by atoms with Gasteiger partial charge in [-0.15, -0.1) is 0 Å². The van der Waals surface area contributed by atoms with Gasteiger partial charge in [0.2, 0.25) is 5.91 Å². The lowest BCUT2D eigenvalue weighted by Gasteiger charge is -2.08. The second kappa shape index (κ2) is 6.73. The summed E-state index contributed by atoms with van der Waals surface area (Å²) in [6.07, 6.45) is 1.17. The SMILES string of the molecule is O=C(CCc1ccccc1)Nc1cc(Cl)ccc1Br. The Morgan fingerprint density at radius 1 is 1.16 bits per heavy atom. The number of rotatable bonds is 4. The average molecular weight is 339 g/mol. The van der Waals surface area contributed by atoms with Crippen LogP contribution in [0.2, 0.25) is 5.02 Å². The third kappa shape index (κ3) is 4.37. The number of benzene rings is 2. The molecule has 0 bridgehead atoms. The Labute approximate surface area is 125 Å². The van der Waals surface area contributed by atoms with Crippen LogP contribution >= 0.6 is 27.5 Å². The van der Waals surface area contributed by atoms with Gasteiger partial charge in [-0.25, -0.2) is 0 Å². The average Bonchev–Trinajstić information content (AvgIpc) is 2.42. The van der Waals surface area contributed by atoms with Crippen molar-refractivity contribution in [1.29, 1.82) is 0 Å². The van der Waals surface area contributed by atoms with Gasteiger partial charge in [-0.2, -0.15) is 0 Å². The summed E-state index contributed by atoms with van der Waals surface area (Å²) in [4.78, 5) is 11.9. The molecule has 0 saturated heterocycles. The first-order valence-electron chi connectivity index (χ1n) is 5.94. The Hall–Kier alpha value is -1.32. The minimum atomic E-state index is -0.0215. The van der Waals surface area contributed by atoms with E-state index < -0.39 is 0 Å². The Kier molecular flexibility index (Phi) is 5.00. The van der Waals surface area contributed by atoms with Gasteiger partial charge in [0, 0.05) is 15.9 Å². The van der Waals surface area contributed by atoms with E-state index in [9.17, 15) is 4.79 Å². The summed E-state index contributed by atoms with van der Waals surface area (Å²) >= 11 is 9.28. The maximum atomic E-state index is 11.9. The van der Waals surface area contributed by atoms with Crippen molar-refractivity contribution in [3.8, 4) is 0 Å².